The number of hydrogen-bond acceptors (Lipinski definition) is 21. The molecule has 0 radical (unpaired) electrons. The van der Waals surface area contributed by atoms with Crippen LogP contribution in [0.3, 0.4) is 0 Å². The van der Waals surface area contributed by atoms with Crippen LogP contribution in [0.15, 0.2) is 0 Å². The van der Waals surface area contributed by atoms with Gasteiger partial charge >= 0.3 is 0 Å². The van der Waals surface area contributed by atoms with E-state index in [-0.39, 0.29) is 6.61 Å². The van der Waals surface area contributed by atoms with Gasteiger partial charge in [-0.2, -0.15) is 0 Å². The molecule has 20 atom stereocenters. The molecule has 46 heavy (non-hydrogen) atoms. The molecule has 5 heterocycles. The van der Waals surface area contributed by atoms with E-state index >= 15 is 0 Å². The third-order valence-electron chi connectivity index (χ3n) is 8.49. The summed E-state index contributed by atoms with van der Waals surface area (Å²) < 4.78 is 49.6. The van der Waals surface area contributed by atoms with Crippen LogP contribution in [0, 0.1) is 0 Å². The van der Waals surface area contributed by atoms with E-state index in [2.05, 4.69) is 0 Å². The summed E-state index contributed by atoms with van der Waals surface area (Å²) in [4.78, 5) is 0. The molecule has 0 saturated carbocycles. The molecule has 0 aromatic carbocycles. The Balaban J connectivity index is 1.29. The second-order valence-corrected chi connectivity index (χ2v) is 11.6. The average Bonchev–Trinajstić information content (AvgIpc) is 3.47. The second kappa shape index (κ2) is 15.4. The van der Waals surface area contributed by atoms with Crippen molar-refractivity contribution in [1.82, 2.24) is 0 Å². The molecule has 5 fully saturated rings. The first kappa shape index (κ1) is 36.4. The van der Waals surface area contributed by atoms with E-state index in [1.165, 1.54) is 0 Å². The molecule has 0 aromatic rings. The Bertz CT molecular complexity index is 965. The van der Waals surface area contributed by atoms with Gasteiger partial charge in [0, 0.05) is 0 Å². The van der Waals surface area contributed by atoms with Crippen molar-refractivity contribution in [2.45, 2.75) is 123 Å². The second-order valence-electron chi connectivity index (χ2n) is 11.6. The van der Waals surface area contributed by atoms with E-state index in [9.17, 15) is 61.3 Å². The topological polar surface area (TPSA) is 326 Å². The van der Waals surface area contributed by atoms with Gasteiger partial charge in [-0.15, -0.1) is 0 Å². The lowest BCUT2D eigenvalue weighted by Gasteiger charge is -2.45. The molecule has 268 valence electrons. The number of rotatable bonds is 10. The number of hydrogen-bond donors (Lipinski definition) is 12. The van der Waals surface area contributed by atoms with Crippen molar-refractivity contribution in [1.29, 1.82) is 0 Å². The average molecular weight is 679 g/mol. The maximum absolute atomic E-state index is 10.9. The summed E-state index contributed by atoms with van der Waals surface area (Å²) in [6, 6.07) is 0. The highest BCUT2D eigenvalue weighted by Gasteiger charge is 2.54. The summed E-state index contributed by atoms with van der Waals surface area (Å²) in [5.41, 5.74) is 0. The lowest BCUT2D eigenvalue weighted by Crippen LogP contribution is -2.63. The summed E-state index contributed by atoms with van der Waals surface area (Å²) in [6.45, 7) is -2.71. The fourth-order valence-electron chi connectivity index (χ4n) is 5.70. The highest BCUT2D eigenvalue weighted by Crippen LogP contribution is 2.34. The third kappa shape index (κ3) is 7.35. The van der Waals surface area contributed by atoms with Gasteiger partial charge in [0.1, 0.15) is 91.6 Å². The van der Waals surface area contributed by atoms with Crippen molar-refractivity contribution in [2.24, 2.45) is 0 Å². The fraction of sp³-hybridized carbons (Fsp3) is 1.00. The molecular formula is C25H42O21. The van der Waals surface area contributed by atoms with Gasteiger partial charge in [-0.25, -0.2) is 0 Å². The van der Waals surface area contributed by atoms with Gasteiger partial charge in [0.2, 0.25) is 0 Å². The minimum Gasteiger partial charge on any atom is -0.394 e. The first-order valence-corrected chi connectivity index (χ1v) is 14.7. The monoisotopic (exact) mass is 678 g/mol. The van der Waals surface area contributed by atoms with Crippen LogP contribution >= 0.6 is 0 Å². The van der Waals surface area contributed by atoms with Gasteiger partial charge in [-0.3, -0.25) is 0 Å². The van der Waals surface area contributed by atoms with Crippen molar-refractivity contribution < 1.29 is 104 Å². The first-order chi connectivity index (χ1) is 21.9. The summed E-state index contributed by atoms with van der Waals surface area (Å²) in [7, 11) is 0. The van der Waals surface area contributed by atoms with Gasteiger partial charge in [0.05, 0.1) is 33.0 Å². The molecule has 5 saturated heterocycles. The molecule has 0 bridgehead atoms. The molecule has 0 spiro atoms. The Labute approximate surface area is 260 Å². The normalized spacial score (nSPS) is 53.5. The molecule has 0 unspecified atom stereocenters. The predicted molar refractivity (Wildman–Crippen MR) is 136 cm³/mol. The van der Waals surface area contributed by atoms with E-state index < -0.39 is 149 Å². The Morgan fingerprint density at radius 3 is 1.43 bits per heavy atom. The van der Waals surface area contributed by atoms with E-state index in [1.807, 2.05) is 0 Å². The molecule has 5 aliphatic heterocycles. The van der Waals surface area contributed by atoms with Crippen LogP contribution in [0.4, 0.5) is 0 Å². The molecule has 0 aliphatic carbocycles. The molecule has 0 amide bonds. The minimum absolute atomic E-state index is 0.378. The van der Waals surface area contributed by atoms with Crippen LogP contribution in [-0.4, -0.2) is 217 Å². The van der Waals surface area contributed by atoms with Crippen molar-refractivity contribution in [2.75, 3.05) is 33.0 Å². The molecule has 12 N–H and O–H groups in total. The van der Waals surface area contributed by atoms with Crippen LogP contribution in [0.2, 0.25) is 0 Å². The summed E-state index contributed by atoms with van der Waals surface area (Å²) in [5.74, 6) is 0. The number of aliphatic hydroxyl groups is 12. The predicted octanol–water partition coefficient (Wildman–Crippen LogP) is -8.73. The summed E-state index contributed by atoms with van der Waals surface area (Å²) >= 11 is 0. The fourth-order valence-corrected chi connectivity index (χ4v) is 5.70. The van der Waals surface area contributed by atoms with Crippen LogP contribution in [0.5, 0.6) is 0 Å². The first-order valence-electron chi connectivity index (χ1n) is 14.7. The van der Waals surface area contributed by atoms with Crippen LogP contribution in [-0.2, 0) is 42.6 Å². The molecule has 21 nitrogen and oxygen atoms in total. The summed E-state index contributed by atoms with van der Waals surface area (Å²) in [5, 5.41) is 122. The third-order valence-corrected chi connectivity index (χ3v) is 8.49. The Hall–Kier alpha value is -0.840. The van der Waals surface area contributed by atoms with E-state index in [0.717, 1.165) is 0 Å². The maximum atomic E-state index is 10.9. The Morgan fingerprint density at radius 2 is 0.891 bits per heavy atom. The number of ether oxygens (including phenoxy) is 9. The highest BCUT2D eigenvalue weighted by atomic mass is 16.8. The number of aliphatic hydroxyl groups excluding tert-OH is 12. The minimum atomic E-state index is -1.81. The zero-order valence-electron chi connectivity index (χ0n) is 24.1. The van der Waals surface area contributed by atoms with Gasteiger partial charge in [0.25, 0.3) is 0 Å². The zero-order chi connectivity index (χ0) is 33.4. The van der Waals surface area contributed by atoms with Crippen molar-refractivity contribution >= 4 is 0 Å². The van der Waals surface area contributed by atoms with Gasteiger partial charge in [-0.05, 0) is 0 Å². The Kier molecular flexibility index (Phi) is 12.2. The van der Waals surface area contributed by atoms with Crippen LogP contribution < -0.4 is 0 Å². The molecule has 0 aromatic heterocycles. The maximum Gasteiger partial charge on any atom is 0.187 e. The lowest BCUT2D eigenvalue weighted by molar-refractivity contribution is -0.368. The van der Waals surface area contributed by atoms with Crippen LogP contribution in [0.25, 0.3) is 0 Å². The van der Waals surface area contributed by atoms with Crippen molar-refractivity contribution in [3.8, 4) is 0 Å². The molecule has 21 heteroatoms. The highest BCUT2D eigenvalue weighted by molar-refractivity contribution is 4.95. The lowest BCUT2D eigenvalue weighted by atomic mass is 10.0. The molecular weight excluding hydrogens is 636 g/mol. The Morgan fingerprint density at radius 1 is 0.435 bits per heavy atom. The van der Waals surface area contributed by atoms with Gasteiger partial charge in [0.15, 0.2) is 31.5 Å². The van der Waals surface area contributed by atoms with E-state index in [4.69, 9.17) is 42.6 Å². The zero-order valence-corrected chi connectivity index (χ0v) is 24.1. The van der Waals surface area contributed by atoms with Crippen molar-refractivity contribution in [3.63, 3.8) is 0 Å². The van der Waals surface area contributed by atoms with Gasteiger partial charge < -0.3 is 104 Å². The smallest absolute Gasteiger partial charge is 0.187 e. The summed E-state index contributed by atoms with van der Waals surface area (Å²) in [6.07, 6.45) is -31.3. The molecule has 5 aliphatic rings. The SMILES string of the molecule is OC[C@H]1O[C@H](O[C@@H]2[C@@H](O[C@H]3O[C@H](CO)[C@@H](O)[C@@H]3O)[C@H](O[C@@H]3CO[C@@H](O[C@@H]4CO[C@H](O)[C@H](O)[C@H]4O)[C@H](O)[C@H]3O)OC[C@H]2O)[C@@H](O)[C@@H]1O. The van der Waals surface area contributed by atoms with Crippen molar-refractivity contribution in [3.05, 3.63) is 0 Å². The van der Waals surface area contributed by atoms with E-state index in [0.29, 0.717) is 0 Å². The molecule has 5 rings (SSSR count). The van der Waals surface area contributed by atoms with Gasteiger partial charge in [-0.1, -0.05) is 0 Å². The quantitative estimate of drug-likeness (QED) is 0.102. The van der Waals surface area contributed by atoms with E-state index in [1.54, 1.807) is 0 Å². The largest absolute Gasteiger partial charge is 0.394 e. The van der Waals surface area contributed by atoms with Crippen LogP contribution in [0.1, 0.15) is 0 Å². The standard InChI is InChI=1S/C25H42O21/c26-1-7-11(29)17(35)23(41-7)45-19-6(28)3-39-25(20(19)46-24-18(36)12(30)8(2-27)42-24)44-10-5-40-22(16(34)14(10)32)43-9-4-38-21(37)15(33)13(9)31/h6-37H,1-5H2/t6-,7-,8-,9-,10-,11-,12-,13+,14+,15-,16-,17+,18+,19+,20-,21+,22+,23-,24-,25+/m1/s1.